The number of carbonyl (C=O) groups is 1. The summed E-state index contributed by atoms with van der Waals surface area (Å²) in [6.07, 6.45) is -0.474. The van der Waals surface area contributed by atoms with Crippen molar-refractivity contribution < 1.29 is 59.6 Å². The number of esters is 1. The first-order valence-electron chi connectivity index (χ1n) is 12.5. The van der Waals surface area contributed by atoms with Gasteiger partial charge in [0.2, 0.25) is 34.8 Å². The van der Waals surface area contributed by atoms with Crippen molar-refractivity contribution in [3.05, 3.63) is 29.1 Å². The highest BCUT2D eigenvalue weighted by Crippen LogP contribution is 2.36. The van der Waals surface area contributed by atoms with E-state index >= 15 is 0 Å². The Bertz CT molecular complexity index is 854. The zero-order valence-electron chi connectivity index (χ0n) is 23.1. The molecule has 0 aliphatic heterocycles. The summed E-state index contributed by atoms with van der Waals surface area (Å²) in [5.74, 6) is -14.1. The minimum Gasteiger partial charge on any atom is -0.420 e. The molecule has 0 aromatic heterocycles. The maximum absolute atomic E-state index is 13.5. The Morgan fingerprint density at radius 3 is 1.31 bits per heavy atom. The van der Waals surface area contributed by atoms with Crippen molar-refractivity contribution in [2.45, 2.75) is 45.3 Å². The van der Waals surface area contributed by atoms with E-state index in [-0.39, 0.29) is 24.9 Å². The Morgan fingerprint density at radius 1 is 0.590 bits per heavy atom. The quantitative estimate of drug-likeness (QED) is 0.0408. The molecule has 0 amide bonds. The largest absolute Gasteiger partial charge is 0.420 e. The van der Waals surface area contributed by atoms with Crippen LogP contribution in [0, 0.1) is 29.1 Å². The van der Waals surface area contributed by atoms with Crippen molar-refractivity contribution in [3.8, 4) is 5.75 Å². The van der Waals surface area contributed by atoms with Crippen LogP contribution in [0.4, 0.5) is 22.0 Å². The van der Waals surface area contributed by atoms with Crippen LogP contribution in [0.5, 0.6) is 5.75 Å². The Hall–Kier alpha value is -1.68. The summed E-state index contributed by atoms with van der Waals surface area (Å²) in [5.41, 5.74) is 0. The third-order valence-electron chi connectivity index (χ3n) is 5.82. The molecule has 0 bridgehead atoms. The number of rotatable bonds is 20. The Kier molecular flexibility index (Phi) is 16.2. The van der Waals surface area contributed by atoms with Crippen molar-refractivity contribution >= 4 is 14.3 Å². The first-order chi connectivity index (χ1) is 18.3. The minimum absolute atomic E-state index is 0.0971. The lowest BCUT2D eigenvalue weighted by atomic mass is 10.2. The molecule has 14 heteroatoms. The normalized spacial score (nSPS) is 12.3. The van der Waals surface area contributed by atoms with Gasteiger partial charge in [-0.1, -0.05) is 20.8 Å². The molecule has 8 nitrogen and oxygen atoms in total. The van der Waals surface area contributed by atoms with Gasteiger partial charge in [-0.15, -0.1) is 0 Å². The molecule has 0 heterocycles. The first-order valence-corrected chi connectivity index (χ1v) is 15.4. The highest BCUT2D eigenvalue weighted by atomic mass is 28.4. The van der Waals surface area contributed by atoms with Crippen LogP contribution in [0.2, 0.25) is 18.1 Å². The number of hydrogen-bond donors (Lipinski definition) is 0. The summed E-state index contributed by atoms with van der Waals surface area (Å²) in [6, 6.07) is 0. The molecule has 39 heavy (non-hydrogen) atoms. The maximum Gasteiger partial charge on any atom is 0.313 e. The van der Waals surface area contributed by atoms with Gasteiger partial charge >= 0.3 is 5.97 Å². The fourth-order valence-electron chi connectivity index (χ4n) is 2.55. The van der Waals surface area contributed by atoms with Crippen LogP contribution in [0.25, 0.3) is 0 Å². The highest BCUT2D eigenvalue weighted by Gasteiger charge is 2.36. The van der Waals surface area contributed by atoms with Gasteiger partial charge in [-0.05, 0) is 18.1 Å². The Balaban J connectivity index is 1.94. The van der Waals surface area contributed by atoms with E-state index in [1.807, 2.05) is 0 Å². The number of carbonyl (C=O) groups excluding carboxylic acids is 1. The molecule has 0 aliphatic carbocycles. The molecule has 0 saturated heterocycles. The fourth-order valence-corrected chi connectivity index (χ4v) is 3.58. The summed E-state index contributed by atoms with van der Waals surface area (Å²) < 4.78 is 103. The zero-order chi connectivity index (χ0) is 29.5. The summed E-state index contributed by atoms with van der Waals surface area (Å²) in [5, 5.41) is 0.169. The van der Waals surface area contributed by atoms with Gasteiger partial charge in [-0.2, -0.15) is 8.78 Å². The van der Waals surface area contributed by atoms with E-state index in [4.69, 9.17) is 28.1 Å². The van der Waals surface area contributed by atoms with Gasteiger partial charge in [-0.25, -0.2) is 13.2 Å². The van der Waals surface area contributed by atoms with Crippen molar-refractivity contribution in [1.82, 2.24) is 0 Å². The highest BCUT2D eigenvalue weighted by molar-refractivity contribution is 6.74. The van der Waals surface area contributed by atoms with Crippen LogP contribution in [-0.2, 0) is 32.9 Å². The molecular weight excluding hydrogens is 551 g/mol. The van der Waals surface area contributed by atoms with E-state index < -0.39 is 55.5 Å². The van der Waals surface area contributed by atoms with Crippen LogP contribution in [0.15, 0.2) is 0 Å². The van der Waals surface area contributed by atoms with Gasteiger partial charge in [0.15, 0.2) is 8.32 Å². The SMILES string of the molecule is CC(C)(C)[Si](C)(C)OCCOCCOCCOCCOCCOCCC(=O)Oc1c(F)c(F)c(F)c(F)c1F. The fraction of sp³-hybridized carbons (Fsp3) is 0.720. The average molecular weight is 591 g/mol. The van der Waals surface area contributed by atoms with Crippen LogP contribution in [0.1, 0.15) is 27.2 Å². The molecular formula is C25H39F5O8Si. The molecule has 0 N–H and O–H groups in total. The molecule has 0 unspecified atom stereocenters. The van der Waals surface area contributed by atoms with Crippen molar-refractivity contribution in [3.63, 3.8) is 0 Å². The number of hydrogen-bond acceptors (Lipinski definition) is 8. The summed E-state index contributed by atoms with van der Waals surface area (Å²) >= 11 is 0. The van der Waals surface area contributed by atoms with Gasteiger partial charge in [0.1, 0.15) is 0 Å². The second-order valence-corrected chi connectivity index (χ2v) is 14.6. The van der Waals surface area contributed by atoms with Crippen LogP contribution in [0.3, 0.4) is 0 Å². The summed E-state index contributed by atoms with van der Waals surface area (Å²) in [4.78, 5) is 11.6. The van der Waals surface area contributed by atoms with Crippen LogP contribution in [-0.4, -0.2) is 87.0 Å². The van der Waals surface area contributed by atoms with Gasteiger partial charge in [0, 0.05) is 0 Å². The number of halogens is 5. The van der Waals surface area contributed by atoms with E-state index in [2.05, 4.69) is 38.6 Å². The number of benzene rings is 1. The van der Waals surface area contributed by atoms with Crippen molar-refractivity contribution in [1.29, 1.82) is 0 Å². The second-order valence-electron chi connectivity index (χ2n) is 9.79. The molecule has 0 spiro atoms. The standard InChI is InChI=1S/C25H39F5O8Si/c1-25(2,3)39(4,5)37-17-16-36-15-14-35-13-12-34-11-10-33-9-8-32-7-6-18(31)38-24-22(29)20(27)19(26)21(28)23(24)30/h6-17H2,1-5H3. The van der Waals surface area contributed by atoms with Crippen molar-refractivity contribution in [2.24, 2.45) is 0 Å². The second kappa shape index (κ2) is 17.9. The van der Waals surface area contributed by atoms with Gasteiger partial charge < -0.3 is 32.8 Å². The van der Waals surface area contributed by atoms with Crippen LogP contribution < -0.4 is 4.74 Å². The Morgan fingerprint density at radius 2 is 0.923 bits per heavy atom. The zero-order valence-corrected chi connectivity index (χ0v) is 24.1. The maximum atomic E-state index is 13.5. The predicted molar refractivity (Wildman–Crippen MR) is 134 cm³/mol. The topological polar surface area (TPSA) is 81.7 Å². The minimum atomic E-state index is -2.34. The number of ether oxygens (including phenoxy) is 6. The third kappa shape index (κ3) is 13.0. The van der Waals surface area contributed by atoms with E-state index in [1.54, 1.807) is 0 Å². The monoisotopic (exact) mass is 590 g/mol. The molecule has 226 valence electrons. The molecule has 0 fully saturated rings. The van der Waals surface area contributed by atoms with E-state index in [0.29, 0.717) is 52.9 Å². The predicted octanol–water partition coefficient (Wildman–Crippen LogP) is 4.78. The van der Waals surface area contributed by atoms with E-state index in [9.17, 15) is 26.7 Å². The molecule has 0 saturated carbocycles. The van der Waals surface area contributed by atoms with Crippen LogP contribution >= 0.6 is 0 Å². The van der Waals surface area contributed by atoms with Gasteiger partial charge in [-0.3, -0.25) is 4.79 Å². The average Bonchev–Trinajstić information content (AvgIpc) is 2.87. The molecule has 1 aromatic rings. The summed E-state index contributed by atoms with van der Waals surface area (Å²) in [6.45, 7) is 14.5. The lowest BCUT2D eigenvalue weighted by Crippen LogP contribution is -2.41. The molecule has 1 rings (SSSR count). The summed E-state index contributed by atoms with van der Waals surface area (Å²) in [7, 11) is -1.75. The lowest BCUT2D eigenvalue weighted by Gasteiger charge is -2.36. The lowest BCUT2D eigenvalue weighted by molar-refractivity contribution is -0.136. The molecule has 0 atom stereocenters. The van der Waals surface area contributed by atoms with Crippen molar-refractivity contribution in [2.75, 3.05) is 72.7 Å². The van der Waals surface area contributed by atoms with Gasteiger partial charge in [0.25, 0.3) is 0 Å². The molecule has 0 aliphatic rings. The smallest absolute Gasteiger partial charge is 0.313 e. The van der Waals surface area contributed by atoms with Gasteiger partial charge in [0.05, 0.1) is 79.1 Å². The Labute approximate surface area is 227 Å². The first kappa shape index (κ1) is 35.3. The van der Waals surface area contributed by atoms with E-state index in [0.717, 1.165) is 0 Å². The van der Waals surface area contributed by atoms with E-state index in [1.165, 1.54) is 0 Å². The third-order valence-corrected chi connectivity index (χ3v) is 10.4. The molecule has 1 aromatic carbocycles. The molecule has 0 radical (unpaired) electrons.